The van der Waals surface area contributed by atoms with Crippen molar-refractivity contribution in [1.82, 2.24) is 25.3 Å². The topological polar surface area (TPSA) is 84.2 Å². The average molecular weight is 317 g/mol. The first-order valence-corrected chi connectivity index (χ1v) is 7.79. The second kappa shape index (κ2) is 7.71. The quantitative estimate of drug-likeness (QED) is 0.885. The first-order chi connectivity index (χ1) is 11.0. The second-order valence-electron chi connectivity index (χ2n) is 5.69. The van der Waals surface area contributed by atoms with Crippen molar-refractivity contribution in [3.8, 4) is 0 Å². The summed E-state index contributed by atoms with van der Waals surface area (Å²) >= 11 is 0. The molecule has 0 aliphatic heterocycles. The SMILES string of the molecule is CCN(Cc1ccncc1)C(=O)N[C@@H](C)c1nc(C(C)C)no1. The fourth-order valence-corrected chi connectivity index (χ4v) is 2.03. The Labute approximate surface area is 136 Å². The van der Waals surface area contributed by atoms with Crippen LogP contribution in [0.3, 0.4) is 0 Å². The third-order valence-corrected chi connectivity index (χ3v) is 3.48. The Bertz CT molecular complexity index is 626. The van der Waals surface area contributed by atoms with E-state index in [9.17, 15) is 4.79 Å². The molecule has 0 unspecified atom stereocenters. The summed E-state index contributed by atoms with van der Waals surface area (Å²) < 4.78 is 5.22. The van der Waals surface area contributed by atoms with E-state index in [4.69, 9.17) is 4.52 Å². The Morgan fingerprint density at radius 3 is 2.57 bits per heavy atom. The van der Waals surface area contributed by atoms with Gasteiger partial charge in [-0.05, 0) is 31.5 Å². The number of amides is 2. The van der Waals surface area contributed by atoms with Gasteiger partial charge in [0.2, 0.25) is 5.89 Å². The number of hydrogen-bond acceptors (Lipinski definition) is 5. The van der Waals surface area contributed by atoms with Crippen molar-refractivity contribution in [2.45, 2.75) is 46.2 Å². The number of rotatable bonds is 6. The monoisotopic (exact) mass is 317 g/mol. The number of nitrogens with zero attached hydrogens (tertiary/aromatic N) is 4. The van der Waals surface area contributed by atoms with Crippen LogP contribution in [0, 0.1) is 0 Å². The van der Waals surface area contributed by atoms with Crippen molar-refractivity contribution in [3.63, 3.8) is 0 Å². The lowest BCUT2D eigenvalue weighted by Crippen LogP contribution is -2.40. The number of urea groups is 1. The summed E-state index contributed by atoms with van der Waals surface area (Å²) in [6.45, 7) is 8.88. The van der Waals surface area contributed by atoms with Crippen LogP contribution >= 0.6 is 0 Å². The maximum atomic E-state index is 12.4. The van der Waals surface area contributed by atoms with E-state index >= 15 is 0 Å². The van der Waals surface area contributed by atoms with E-state index in [0.717, 1.165) is 5.56 Å². The molecule has 0 bridgehead atoms. The molecule has 0 aliphatic rings. The van der Waals surface area contributed by atoms with Gasteiger partial charge in [-0.25, -0.2) is 4.79 Å². The van der Waals surface area contributed by atoms with Gasteiger partial charge in [0.25, 0.3) is 0 Å². The van der Waals surface area contributed by atoms with Crippen LogP contribution in [0.25, 0.3) is 0 Å². The molecule has 0 saturated heterocycles. The lowest BCUT2D eigenvalue weighted by molar-refractivity contribution is 0.191. The molecule has 23 heavy (non-hydrogen) atoms. The first-order valence-electron chi connectivity index (χ1n) is 7.79. The van der Waals surface area contributed by atoms with Crippen LogP contribution in [0.1, 0.15) is 56.9 Å². The molecule has 1 atom stereocenters. The van der Waals surface area contributed by atoms with E-state index in [1.54, 1.807) is 17.3 Å². The smallest absolute Gasteiger partial charge is 0.318 e. The van der Waals surface area contributed by atoms with Crippen LogP contribution in [-0.4, -0.2) is 32.6 Å². The molecule has 0 aliphatic carbocycles. The zero-order chi connectivity index (χ0) is 16.8. The minimum Gasteiger partial charge on any atom is -0.337 e. The third kappa shape index (κ3) is 4.51. The van der Waals surface area contributed by atoms with Crippen LogP contribution in [-0.2, 0) is 6.54 Å². The standard InChI is InChI=1S/C16H23N5O2/c1-5-21(10-13-6-8-17-9-7-13)16(22)18-12(4)15-19-14(11(2)3)20-23-15/h6-9,11-12H,5,10H2,1-4H3,(H,18,22)/t12-/m0/s1. The maximum Gasteiger partial charge on any atom is 0.318 e. The highest BCUT2D eigenvalue weighted by atomic mass is 16.5. The number of nitrogens with one attached hydrogen (secondary N) is 1. The van der Waals surface area contributed by atoms with E-state index in [0.29, 0.717) is 24.8 Å². The van der Waals surface area contributed by atoms with Crippen molar-refractivity contribution >= 4 is 6.03 Å². The number of hydrogen-bond donors (Lipinski definition) is 1. The van der Waals surface area contributed by atoms with Gasteiger partial charge in [-0.1, -0.05) is 19.0 Å². The highest BCUT2D eigenvalue weighted by Crippen LogP contribution is 2.15. The fourth-order valence-electron chi connectivity index (χ4n) is 2.03. The van der Waals surface area contributed by atoms with Crippen LogP contribution in [0.15, 0.2) is 29.0 Å². The van der Waals surface area contributed by atoms with Crippen molar-refractivity contribution < 1.29 is 9.32 Å². The van der Waals surface area contributed by atoms with Gasteiger partial charge in [0, 0.05) is 31.4 Å². The third-order valence-electron chi connectivity index (χ3n) is 3.48. The molecule has 0 aromatic carbocycles. The lowest BCUT2D eigenvalue weighted by atomic mass is 10.2. The van der Waals surface area contributed by atoms with E-state index in [1.165, 1.54) is 0 Å². The molecule has 1 N–H and O–H groups in total. The highest BCUT2D eigenvalue weighted by Gasteiger charge is 2.20. The molecular weight excluding hydrogens is 294 g/mol. The van der Waals surface area contributed by atoms with Gasteiger partial charge in [0.1, 0.15) is 6.04 Å². The maximum absolute atomic E-state index is 12.4. The molecule has 2 amide bonds. The number of aromatic nitrogens is 3. The van der Waals surface area contributed by atoms with Crippen molar-refractivity contribution in [2.75, 3.05) is 6.54 Å². The second-order valence-corrected chi connectivity index (χ2v) is 5.69. The van der Waals surface area contributed by atoms with Gasteiger partial charge in [-0.15, -0.1) is 0 Å². The van der Waals surface area contributed by atoms with E-state index in [1.807, 2.05) is 39.8 Å². The summed E-state index contributed by atoms with van der Waals surface area (Å²) in [7, 11) is 0. The summed E-state index contributed by atoms with van der Waals surface area (Å²) in [6.07, 6.45) is 3.44. The Morgan fingerprint density at radius 2 is 2.00 bits per heavy atom. The van der Waals surface area contributed by atoms with Gasteiger partial charge < -0.3 is 14.7 Å². The molecule has 2 aromatic rings. The summed E-state index contributed by atoms with van der Waals surface area (Å²) in [5.74, 6) is 1.25. The normalized spacial score (nSPS) is 12.2. The molecule has 2 aromatic heterocycles. The minimum absolute atomic E-state index is 0.166. The van der Waals surface area contributed by atoms with Crippen LogP contribution in [0.4, 0.5) is 4.79 Å². The van der Waals surface area contributed by atoms with Crippen molar-refractivity contribution in [3.05, 3.63) is 41.8 Å². The zero-order valence-electron chi connectivity index (χ0n) is 14.0. The Kier molecular flexibility index (Phi) is 5.67. The molecule has 0 saturated carbocycles. The molecule has 124 valence electrons. The van der Waals surface area contributed by atoms with Crippen LogP contribution in [0.5, 0.6) is 0 Å². The Balaban J connectivity index is 1.97. The summed E-state index contributed by atoms with van der Waals surface area (Å²) in [5.41, 5.74) is 1.03. The van der Waals surface area contributed by atoms with Gasteiger partial charge in [0.15, 0.2) is 5.82 Å². The number of carbonyl (C=O) groups is 1. The highest BCUT2D eigenvalue weighted by molar-refractivity contribution is 5.74. The molecule has 7 heteroatoms. The Hall–Kier alpha value is -2.44. The molecule has 0 fully saturated rings. The minimum atomic E-state index is -0.339. The molecule has 0 spiro atoms. The van der Waals surface area contributed by atoms with Crippen LogP contribution in [0.2, 0.25) is 0 Å². The molecular formula is C16H23N5O2. The Morgan fingerprint density at radius 1 is 1.30 bits per heavy atom. The van der Waals surface area contributed by atoms with Gasteiger partial charge in [-0.3, -0.25) is 4.98 Å². The molecule has 0 radical (unpaired) electrons. The van der Waals surface area contributed by atoms with Crippen LogP contribution < -0.4 is 5.32 Å². The van der Waals surface area contributed by atoms with Crippen molar-refractivity contribution in [2.24, 2.45) is 0 Å². The molecule has 2 heterocycles. The summed E-state index contributed by atoms with van der Waals surface area (Å²) in [6, 6.07) is 3.29. The number of pyridine rings is 1. The zero-order valence-corrected chi connectivity index (χ0v) is 14.0. The summed E-state index contributed by atoms with van der Waals surface area (Å²) in [5, 5.41) is 6.81. The van der Waals surface area contributed by atoms with Crippen molar-refractivity contribution in [1.29, 1.82) is 0 Å². The van der Waals surface area contributed by atoms with E-state index in [2.05, 4.69) is 20.4 Å². The fraction of sp³-hybridized carbons (Fsp3) is 0.500. The summed E-state index contributed by atoms with van der Waals surface area (Å²) in [4.78, 5) is 22.4. The predicted molar refractivity (Wildman–Crippen MR) is 85.7 cm³/mol. The first kappa shape index (κ1) is 16.9. The average Bonchev–Trinajstić information content (AvgIpc) is 3.03. The van der Waals surface area contributed by atoms with E-state index in [-0.39, 0.29) is 18.0 Å². The molecule has 2 rings (SSSR count). The lowest BCUT2D eigenvalue weighted by Gasteiger charge is -2.23. The number of carbonyl (C=O) groups excluding carboxylic acids is 1. The van der Waals surface area contributed by atoms with Gasteiger partial charge >= 0.3 is 6.03 Å². The predicted octanol–water partition coefficient (Wildman–Crippen LogP) is 2.88. The van der Waals surface area contributed by atoms with E-state index < -0.39 is 0 Å². The largest absolute Gasteiger partial charge is 0.337 e. The van der Waals surface area contributed by atoms with Gasteiger partial charge in [0.05, 0.1) is 0 Å². The van der Waals surface area contributed by atoms with Gasteiger partial charge in [-0.2, -0.15) is 4.98 Å². The molecule has 7 nitrogen and oxygen atoms in total.